The van der Waals surface area contributed by atoms with Gasteiger partial charge in [0.1, 0.15) is 16.6 Å². The molecular formula is C21H21FN2O2S. The van der Waals surface area contributed by atoms with E-state index in [1.54, 1.807) is 23.5 Å². The van der Waals surface area contributed by atoms with Crippen LogP contribution in [0.2, 0.25) is 0 Å². The van der Waals surface area contributed by atoms with Crippen LogP contribution in [-0.2, 0) is 11.2 Å². The lowest BCUT2D eigenvalue weighted by Crippen LogP contribution is -2.26. The van der Waals surface area contributed by atoms with Gasteiger partial charge in [0.05, 0.1) is 18.7 Å². The number of carbonyl (C=O) groups excluding carboxylic acids is 1. The van der Waals surface area contributed by atoms with Crippen molar-refractivity contribution in [2.24, 2.45) is 0 Å². The molecule has 0 fully saturated rings. The summed E-state index contributed by atoms with van der Waals surface area (Å²) in [6, 6.07) is 15.9. The van der Waals surface area contributed by atoms with Gasteiger partial charge in [-0.05, 0) is 37.1 Å². The van der Waals surface area contributed by atoms with E-state index in [4.69, 9.17) is 4.74 Å². The first-order chi connectivity index (χ1) is 13.2. The molecule has 0 saturated carbocycles. The van der Waals surface area contributed by atoms with Gasteiger partial charge in [0, 0.05) is 17.5 Å². The van der Waals surface area contributed by atoms with E-state index in [0.29, 0.717) is 18.9 Å². The second-order valence-corrected chi connectivity index (χ2v) is 6.90. The summed E-state index contributed by atoms with van der Waals surface area (Å²) in [6.07, 6.45) is 1.92. The van der Waals surface area contributed by atoms with E-state index >= 15 is 0 Å². The summed E-state index contributed by atoms with van der Waals surface area (Å²) in [7, 11) is 0. The number of rotatable bonds is 9. The number of hydrogen-bond acceptors (Lipinski definition) is 4. The Labute approximate surface area is 162 Å². The third-order valence-electron chi connectivity index (χ3n) is 3.89. The number of nitrogens with one attached hydrogen (secondary N) is 1. The molecule has 1 aromatic heterocycles. The van der Waals surface area contributed by atoms with Gasteiger partial charge in [-0.2, -0.15) is 0 Å². The Morgan fingerprint density at radius 1 is 1.07 bits per heavy atom. The van der Waals surface area contributed by atoms with E-state index < -0.39 is 0 Å². The SMILES string of the molecule is O=C(Cc1csc(-c2ccccc2)n1)NCCCCOc1ccc(F)cc1. The lowest BCUT2D eigenvalue weighted by Gasteiger charge is -2.07. The number of unbranched alkanes of at least 4 members (excludes halogenated alkanes) is 1. The Bertz CT molecular complexity index is 850. The quantitative estimate of drug-likeness (QED) is 0.554. The molecule has 6 heteroatoms. The molecule has 0 aliphatic heterocycles. The average Bonchev–Trinajstić information content (AvgIpc) is 3.15. The highest BCUT2D eigenvalue weighted by Crippen LogP contribution is 2.23. The van der Waals surface area contributed by atoms with E-state index in [-0.39, 0.29) is 18.1 Å². The molecule has 1 N–H and O–H groups in total. The van der Waals surface area contributed by atoms with E-state index in [9.17, 15) is 9.18 Å². The van der Waals surface area contributed by atoms with Crippen molar-refractivity contribution in [2.75, 3.05) is 13.2 Å². The number of aromatic nitrogens is 1. The summed E-state index contributed by atoms with van der Waals surface area (Å²) >= 11 is 1.55. The van der Waals surface area contributed by atoms with Crippen LogP contribution in [-0.4, -0.2) is 24.0 Å². The Morgan fingerprint density at radius 3 is 2.63 bits per heavy atom. The molecule has 27 heavy (non-hydrogen) atoms. The first-order valence-electron chi connectivity index (χ1n) is 8.85. The number of ether oxygens (including phenoxy) is 1. The van der Waals surface area contributed by atoms with Crippen molar-refractivity contribution in [3.8, 4) is 16.3 Å². The molecule has 1 amide bonds. The molecule has 3 rings (SSSR count). The second-order valence-electron chi connectivity index (χ2n) is 6.05. The maximum Gasteiger partial charge on any atom is 0.226 e. The molecule has 140 valence electrons. The van der Waals surface area contributed by atoms with Crippen molar-refractivity contribution >= 4 is 17.2 Å². The standard InChI is InChI=1S/C21H21FN2O2S/c22-17-8-10-19(11-9-17)26-13-5-4-12-23-20(25)14-18-15-27-21(24-18)16-6-2-1-3-7-16/h1-3,6-11,15H,4-5,12-14H2,(H,23,25). The van der Waals surface area contributed by atoms with E-state index in [1.165, 1.54) is 12.1 Å². The van der Waals surface area contributed by atoms with E-state index in [0.717, 1.165) is 29.1 Å². The number of thiazole rings is 1. The summed E-state index contributed by atoms with van der Waals surface area (Å²) in [5, 5.41) is 5.76. The Kier molecular flexibility index (Phi) is 6.93. The summed E-state index contributed by atoms with van der Waals surface area (Å²) < 4.78 is 18.3. The van der Waals surface area contributed by atoms with Gasteiger partial charge in [-0.3, -0.25) is 4.79 Å². The van der Waals surface area contributed by atoms with E-state index in [2.05, 4.69) is 10.3 Å². The molecule has 2 aromatic carbocycles. The fourth-order valence-electron chi connectivity index (χ4n) is 2.50. The predicted molar refractivity (Wildman–Crippen MR) is 105 cm³/mol. The lowest BCUT2D eigenvalue weighted by molar-refractivity contribution is -0.120. The van der Waals surface area contributed by atoms with Crippen molar-refractivity contribution in [1.82, 2.24) is 10.3 Å². The Balaban J connectivity index is 1.32. The monoisotopic (exact) mass is 384 g/mol. The van der Waals surface area contributed by atoms with Gasteiger partial charge in [0.25, 0.3) is 0 Å². The Hall–Kier alpha value is -2.73. The summed E-state index contributed by atoms with van der Waals surface area (Å²) in [4.78, 5) is 16.6. The normalized spacial score (nSPS) is 10.6. The highest BCUT2D eigenvalue weighted by Gasteiger charge is 2.08. The van der Waals surface area contributed by atoms with Crippen LogP contribution >= 0.6 is 11.3 Å². The molecular weight excluding hydrogens is 363 g/mol. The van der Waals surface area contributed by atoms with Crippen molar-refractivity contribution in [3.63, 3.8) is 0 Å². The van der Waals surface area contributed by atoms with Crippen LogP contribution in [0.15, 0.2) is 60.0 Å². The van der Waals surface area contributed by atoms with E-state index in [1.807, 2.05) is 35.7 Å². The van der Waals surface area contributed by atoms with Crippen LogP contribution < -0.4 is 10.1 Å². The highest BCUT2D eigenvalue weighted by molar-refractivity contribution is 7.13. The molecule has 0 bridgehead atoms. The fourth-order valence-corrected chi connectivity index (χ4v) is 3.33. The Morgan fingerprint density at radius 2 is 1.85 bits per heavy atom. The van der Waals surface area contributed by atoms with Crippen LogP contribution in [0.4, 0.5) is 4.39 Å². The first-order valence-corrected chi connectivity index (χ1v) is 9.73. The smallest absolute Gasteiger partial charge is 0.226 e. The topological polar surface area (TPSA) is 51.2 Å². The van der Waals surface area contributed by atoms with Crippen molar-refractivity contribution < 1.29 is 13.9 Å². The molecule has 0 aliphatic rings. The summed E-state index contributed by atoms with van der Waals surface area (Å²) in [6.45, 7) is 1.13. The minimum absolute atomic E-state index is 0.0284. The average molecular weight is 384 g/mol. The molecule has 1 heterocycles. The van der Waals surface area contributed by atoms with Gasteiger partial charge < -0.3 is 10.1 Å². The molecule has 4 nitrogen and oxygen atoms in total. The molecule has 0 spiro atoms. The van der Waals surface area contributed by atoms with Crippen LogP contribution in [0.1, 0.15) is 18.5 Å². The third kappa shape index (κ3) is 6.18. The molecule has 0 radical (unpaired) electrons. The fraction of sp³-hybridized carbons (Fsp3) is 0.238. The van der Waals surface area contributed by atoms with Gasteiger partial charge in [-0.15, -0.1) is 11.3 Å². The van der Waals surface area contributed by atoms with Crippen molar-refractivity contribution in [1.29, 1.82) is 0 Å². The predicted octanol–water partition coefficient (Wildman–Crippen LogP) is 4.47. The summed E-state index contributed by atoms with van der Waals surface area (Å²) in [5.41, 5.74) is 1.85. The molecule has 0 atom stereocenters. The highest BCUT2D eigenvalue weighted by atomic mass is 32.1. The van der Waals surface area contributed by atoms with Crippen LogP contribution in [0.25, 0.3) is 10.6 Å². The molecule has 0 aliphatic carbocycles. The maximum atomic E-state index is 12.8. The van der Waals surface area contributed by atoms with Gasteiger partial charge in [-0.1, -0.05) is 30.3 Å². The number of nitrogens with zero attached hydrogens (tertiary/aromatic N) is 1. The number of hydrogen-bond donors (Lipinski definition) is 1. The number of halogens is 1. The van der Waals surface area contributed by atoms with Crippen molar-refractivity contribution in [2.45, 2.75) is 19.3 Å². The maximum absolute atomic E-state index is 12.8. The number of benzene rings is 2. The van der Waals surface area contributed by atoms with Crippen LogP contribution in [0.5, 0.6) is 5.75 Å². The first kappa shape index (κ1) is 19.0. The van der Waals surface area contributed by atoms with Crippen LogP contribution in [0, 0.1) is 5.82 Å². The van der Waals surface area contributed by atoms with Gasteiger partial charge >= 0.3 is 0 Å². The van der Waals surface area contributed by atoms with Gasteiger partial charge in [0.15, 0.2) is 0 Å². The molecule has 0 unspecified atom stereocenters. The largest absolute Gasteiger partial charge is 0.494 e. The second kappa shape index (κ2) is 9.83. The lowest BCUT2D eigenvalue weighted by atomic mass is 10.2. The zero-order valence-electron chi connectivity index (χ0n) is 14.9. The third-order valence-corrected chi connectivity index (χ3v) is 4.83. The van der Waals surface area contributed by atoms with Gasteiger partial charge in [0.2, 0.25) is 5.91 Å². The number of carbonyl (C=O) groups is 1. The summed E-state index contributed by atoms with van der Waals surface area (Å²) in [5.74, 6) is 0.346. The minimum atomic E-state index is -0.277. The van der Waals surface area contributed by atoms with Gasteiger partial charge in [-0.25, -0.2) is 9.37 Å². The minimum Gasteiger partial charge on any atom is -0.494 e. The van der Waals surface area contributed by atoms with Crippen LogP contribution in [0.3, 0.4) is 0 Å². The van der Waals surface area contributed by atoms with Crippen molar-refractivity contribution in [3.05, 3.63) is 71.5 Å². The number of amides is 1. The zero-order valence-corrected chi connectivity index (χ0v) is 15.7. The molecule has 0 saturated heterocycles. The zero-order chi connectivity index (χ0) is 18.9. The molecule has 3 aromatic rings.